The Balaban J connectivity index is 1.51. The van der Waals surface area contributed by atoms with E-state index in [-0.39, 0.29) is 12.5 Å². The van der Waals surface area contributed by atoms with Gasteiger partial charge >= 0.3 is 12.1 Å². The van der Waals surface area contributed by atoms with Gasteiger partial charge in [0.2, 0.25) is 0 Å². The second-order valence-electron chi connectivity index (χ2n) is 7.09. The van der Waals surface area contributed by atoms with E-state index in [4.69, 9.17) is 4.74 Å². The van der Waals surface area contributed by atoms with Gasteiger partial charge in [-0.25, -0.2) is 9.59 Å². The summed E-state index contributed by atoms with van der Waals surface area (Å²) in [5, 5.41) is 18.8. The van der Waals surface area contributed by atoms with E-state index in [9.17, 15) is 14.7 Å². The Hall–Kier alpha value is -3.61. The maximum absolute atomic E-state index is 12.4. The van der Waals surface area contributed by atoms with Crippen molar-refractivity contribution < 1.29 is 19.4 Å². The van der Waals surface area contributed by atoms with E-state index in [1.54, 1.807) is 13.8 Å². The number of carboxylic acids is 1. The number of amides is 1. The second kappa shape index (κ2) is 7.43. The molecule has 0 bridgehead atoms. The number of H-pyrrole nitrogens is 1. The first-order chi connectivity index (χ1) is 14.0. The predicted octanol–water partition coefficient (Wildman–Crippen LogP) is 3.69. The minimum absolute atomic E-state index is 0.0891. The second-order valence-corrected chi connectivity index (χ2v) is 7.09. The number of hydrogen-bond donors (Lipinski definition) is 3. The molecule has 0 fully saturated rings. The van der Waals surface area contributed by atoms with Crippen molar-refractivity contribution in [2.45, 2.75) is 25.8 Å². The number of carboxylic acid groups (broad SMARTS) is 1. The van der Waals surface area contributed by atoms with Crippen molar-refractivity contribution in [1.29, 1.82) is 0 Å². The zero-order chi connectivity index (χ0) is 20.5. The SMILES string of the molecule is Cc1n[nH]c(C)c1C(NC(=O)OCC1c2ccccc2-c2ccccc21)C(=O)O. The van der Waals surface area contributed by atoms with Gasteiger partial charge in [0, 0.05) is 17.2 Å². The first kappa shape index (κ1) is 18.7. The number of aliphatic carboxylic acids is 1. The molecule has 1 aliphatic carbocycles. The maximum Gasteiger partial charge on any atom is 0.408 e. The third-order valence-electron chi connectivity index (χ3n) is 5.33. The number of nitrogens with one attached hydrogen (secondary N) is 2. The number of ether oxygens (including phenoxy) is 1. The van der Waals surface area contributed by atoms with Crippen molar-refractivity contribution in [3.8, 4) is 11.1 Å². The average molecular weight is 391 g/mol. The fourth-order valence-electron chi connectivity index (χ4n) is 4.00. The molecule has 1 unspecified atom stereocenters. The number of benzene rings is 2. The van der Waals surface area contributed by atoms with Gasteiger partial charge in [0.25, 0.3) is 0 Å². The fourth-order valence-corrected chi connectivity index (χ4v) is 4.00. The van der Waals surface area contributed by atoms with Crippen LogP contribution in [0.25, 0.3) is 11.1 Å². The molecule has 148 valence electrons. The van der Waals surface area contributed by atoms with Crippen LogP contribution in [0.3, 0.4) is 0 Å². The average Bonchev–Trinajstić information content (AvgIpc) is 3.21. The largest absolute Gasteiger partial charge is 0.479 e. The maximum atomic E-state index is 12.4. The highest BCUT2D eigenvalue weighted by Gasteiger charge is 2.31. The van der Waals surface area contributed by atoms with E-state index in [0.29, 0.717) is 17.0 Å². The Morgan fingerprint density at radius 1 is 1.10 bits per heavy atom. The lowest BCUT2D eigenvalue weighted by Crippen LogP contribution is -2.35. The summed E-state index contributed by atoms with van der Waals surface area (Å²) in [4.78, 5) is 24.1. The minimum atomic E-state index is -1.23. The molecule has 0 saturated heterocycles. The number of hydrogen-bond acceptors (Lipinski definition) is 4. The Labute approximate surface area is 167 Å². The van der Waals surface area contributed by atoms with Gasteiger partial charge in [-0.05, 0) is 36.1 Å². The summed E-state index contributed by atoms with van der Waals surface area (Å²) in [6.45, 7) is 3.52. The van der Waals surface area contributed by atoms with E-state index in [1.165, 1.54) is 0 Å². The summed E-state index contributed by atoms with van der Waals surface area (Å²) in [7, 11) is 0. The number of rotatable bonds is 5. The molecule has 1 aromatic heterocycles. The highest BCUT2D eigenvalue weighted by atomic mass is 16.5. The van der Waals surface area contributed by atoms with Gasteiger partial charge in [-0.2, -0.15) is 5.10 Å². The number of aromatic nitrogens is 2. The van der Waals surface area contributed by atoms with Gasteiger partial charge < -0.3 is 15.2 Å². The third kappa shape index (κ3) is 3.35. The van der Waals surface area contributed by atoms with Crippen molar-refractivity contribution in [1.82, 2.24) is 15.5 Å². The number of aryl methyl sites for hydroxylation is 2. The van der Waals surface area contributed by atoms with Crippen molar-refractivity contribution in [2.24, 2.45) is 0 Å². The summed E-state index contributed by atoms with van der Waals surface area (Å²) in [6, 6.07) is 14.8. The molecule has 0 radical (unpaired) electrons. The number of fused-ring (bicyclic) bond motifs is 3. The van der Waals surface area contributed by atoms with Crippen LogP contribution in [0.2, 0.25) is 0 Å². The van der Waals surface area contributed by atoms with Gasteiger partial charge in [0.05, 0.1) is 5.69 Å². The minimum Gasteiger partial charge on any atom is -0.479 e. The molecule has 29 heavy (non-hydrogen) atoms. The molecule has 3 aromatic rings. The number of aromatic amines is 1. The van der Waals surface area contributed by atoms with Crippen molar-refractivity contribution in [2.75, 3.05) is 6.61 Å². The Kier molecular flexibility index (Phi) is 4.80. The van der Waals surface area contributed by atoms with Crippen LogP contribution >= 0.6 is 0 Å². The summed E-state index contributed by atoms with van der Waals surface area (Å²) in [6.07, 6.45) is -0.778. The molecule has 7 nitrogen and oxygen atoms in total. The monoisotopic (exact) mass is 391 g/mol. The van der Waals surface area contributed by atoms with Crippen LogP contribution in [-0.2, 0) is 9.53 Å². The van der Waals surface area contributed by atoms with Crippen LogP contribution in [0.15, 0.2) is 48.5 Å². The first-order valence-corrected chi connectivity index (χ1v) is 9.33. The molecular weight excluding hydrogens is 370 g/mol. The zero-order valence-corrected chi connectivity index (χ0v) is 16.1. The molecule has 7 heteroatoms. The molecular formula is C22H21N3O4. The zero-order valence-electron chi connectivity index (χ0n) is 16.1. The van der Waals surface area contributed by atoms with Crippen LogP contribution in [0.4, 0.5) is 4.79 Å². The fraction of sp³-hybridized carbons (Fsp3) is 0.227. The number of carbonyl (C=O) groups is 2. The van der Waals surface area contributed by atoms with E-state index < -0.39 is 18.1 Å². The third-order valence-corrected chi connectivity index (χ3v) is 5.33. The quantitative estimate of drug-likeness (QED) is 0.615. The van der Waals surface area contributed by atoms with Crippen LogP contribution in [-0.4, -0.2) is 34.0 Å². The standard InChI is InChI=1S/C22H21N3O4/c1-12-19(13(2)25-24-12)20(21(26)27)23-22(28)29-11-18-16-9-5-3-7-14(16)15-8-4-6-10-17(15)18/h3-10,18,20H,11H2,1-2H3,(H,23,28)(H,24,25)(H,26,27). The number of carbonyl (C=O) groups excluding carboxylic acids is 1. The Morgan fingerprint density at radius 3 is 2.21 bits per heavy atom. The molecule has 0 spiro atoms. The first-order valence-electron chi connectivity index (χ1n) is 9.33. The van der Waals surface area contributed by atoms with Crippen molar-refractivity contribution >= 4 is 12.1 Å². The van der Waals surface area contributed by atoms with E-state index in [1.807, 2.05) is 36.4 Å². The summed E-state index contributed by atoms with van der Waals surface area (Å²) >= 11 is 0. The molecule has 1 aliphatic rings. The predicted molar refractivity (Wildman–Crippen MR) is 107 cm³/mol. The van der Waals surface area contributed by atoms with E-state index in [0.717, 1.165) is 22.3 Å². The van der Waals surface area contributed by atoms with E-state index >= 15 is 0 Å². The van der Waals surface area contributed by atoms with Crippen LogP contribution in [0, 0.1) is 13.8 Å². The van der Waals surface area contributed by atoms with E-state index in [2.05, 4.69) is 27.6 Å². The molecule has 3 N–H and O–H groups in total. The Morgan fingerprint density at radius 2 is 1.69 bits per heavy atom. The van der Waals surface area contributed by atoms with Crippen LogP contribution < -0.4 is 5.32 Å². The van der Waals surface area contributed by atoms with Gasteiger partial charge in [-0.15, -0.1) is 0 Å². The molecule has 2 aromatic carbocycles. The molecule has 4 rings (SSSR count). The molecule has 0 aliphatic heterocycles. The van der Waals surface area contributed by atoms with Crippen LogP contribution in [0.5, 0.6) is 0 Å². The smallest absolute Gasteiger partial charge is 0.408 e. The Bertz CT molecular complexity index is 1020. The summed E-state index contributed by atoms with van der Waals surface area (Å²) < 4.78 is 5.45. The normalized spacial score (nSPS) is 13.4. The topological polar surface area (TPSA) is 104 Å². The highest BCUT2D eigenvalue weighted by molar-refractivity contribution is 5.82. The molecule has 1 amide bonds. The lowest BCUT2D eigenvalue weighted by atomic mass is 9.98. The molecule has 0 saturated carbocycles. The van der Waals surface area contributed by atoms with Crippen molar-refractivity contribution in [3.63, 3.8) is 0 Å². The lowest BCUT2D eigenvalue weighted by molar-refractivity contribution is -0.139. The van der Waals surface area contributed by atoms with Gasteiger partial charge in [-0.3, -0.25) is 5.10 Å². The van der Waals surface area contributed by atoms with Crippen LogP contribution in [0.1, 0.15) is 40.0 Å². The number of nitrogens with zero attached hydrogens (tertiary/aromatic N) is 1. The number of alkyl carbamates (subject to hydrolysis) is 1. The van der Waals surface area contributed by atoms with Gasteiger partial charge in [0.15, 0.2) is 6.04 Å². The molecule has 1 heterocycles. The highest BCUT2D eigenvalue weighted by Crippen LogP contribution is 2.44. The molecule has 1 atom stereocenters. The van der Waals surface area contributed by atoms with Crippen molar-refractivity contribution in [3.05, 3.63) is 76.6 Å². The van der Waals surface area contributed by atoms with Gasteiger partial charge in [-0.1, -0.05) is 48.5 Å². The summed E-state index contributed by atoms with van der Waals surface area (Å²) in [5.74, 6) is -1.26. The van der Waals surface area contributed by atoms with Gasteiger partial charge in [0.1, 0.15) is 6.61 Å². The summed E-state index contributed by atoms with van der Waals surface area (Å²) in [5.41, 5.74) is 6.00. The lowest BCUT2D eigenvalue weighted by Gasteiger charge is -2.18.